The summed E-state index contributed by atoms with van der Waals surface area (Å²) >= 11 is 14.4. The maximum atomic E-state index is 12.7. The highest BCUT2D eigenvalue weighted by atomic mass is 35.5. The summed E-state index contributed by atoms with van der Waals surface area (Å²) in [6.45, 7) is 5.73. The largest absolute Gasteiger partial charge is 0.465 e. The summed E-state index contributed by atoms with van der Waals surface area (Å²) in [5.41, 5.74) is 1.10. The Bertz CT molecular complexity index is 1310. The molecule has 3 rings (SSSR count). The van der Waals surface area contributed by atoms with E-state index in [0.717, 1.165) is 23.1 Å². The second-order valence-corrected chi connectivity index (χ2v) is 9.72. The van der Waals surface area contributed by atoms with Crippen LogP contribution in [0.25, 0.3) is 11.4 Å². The molecular formula is C22H20Cl2N4O5S2. The number of hydrogen-bond acceptors (Lipinski definition) is 9. The molecule has 0 fully saturated rings. The fourth-order valence-electron chi connectivity index (χ4n) is 3.09. The lowest BCUT2D eigenvalue weighted by Crippen LogP contribution is -2.16. The van der Waals surface area contributed by atoms with Gasteiger partial charge in [0.15, 0.2) is 11.0 Å². The van der Waals surface area contributed by atoms with E-state index >= 15 is 0 Å². The minimum Gasteiger partial charge on any atom is -0.465 e. The lowest BCUT2D eigenvalue weighted by Gasteiger charge is -2.09. The molecule has 35 heavy (non-hydrogen) atoms. The predicted octanol–water partition coefficient (Wildman–Crippen LogP) is 5.11. The summed E-state index contributed by atoms with van der Waals surface area (Å²) < 4.78 is 11.3. The highest BCUT2D eigenvalue weighted by Crippen LogP contribution is 2.35. The van der Waals surface area contributed by atoms with Gasteiger partial charge in [-0.15, -0.1) is 28.1 Å². The molecule has 2 heterocycles. The topological polar surface area (TPSA) is 112 Å². The van der Waals surface area contributed by atoms with Gasteiger partial charge in [0, 0.05) is 17.1 Å². The number of nitrogens with one attached hydrogen (secondary N) is 1. The first kappa shape index (κ1) is 26.7. The molecular weight excluding hydrogens is 535 g/mol. The number of thiophene rings is 1. The smallest absolute Gasteiger partial charge is 0.348 e. The molecule has 184 valence electrons. The molecule has 13 heteroatoms. The highest BCUT2D eigenvalue weighted by Gasteiger charge is 2.27. The Balaban J connectivity index is 1.82. The van der Waals surface area contributed by atoms with Crippen LogP contribution < -0.4 is 5.32 Å². The summed E-state index contributed by atoms with van der Waals surface area (Å²) in [6, 6.07) is 5.04. The van der Waals surface area contributed by atoms with Gasteiger partial charge >= 0.3 is 11.9 Å². The Morgan fingerprint density at radius 1 is 1.20 bits per heavy atom. The van der Waals surface area contributed by atoms with Crippen LogP contribution in [0.15, 0.2) is 36.0 Å². The Hall–Kier alpha value is -2.86. The van der Waals surface area contributed by atoms with Crippen molar-refractivity contribution in [3.63, 3.8) is 0 Å². The Labute approximate surface area is 219 Å². The number of amides is 1. The van der Waals surface area contributed by atoms with Gasteiger partial charge in [0.05, 0.1) is 30.6 Å². The van der Waals surface area contributed by atoms with Gasteiger partial charge in [0.1, 0.15) is 9.88 Å². The molecule has 0 aliphatic carbocycles. The number of thioether (sulfide) groups is 1. The second-order valence-electron chi connectivity index (χ2n) is 6.91. The molecule has 1 N–H and O–H groups in total. The fraction of sp³-hybridized carbons (Fsp3) is 0.227. The normalized spacial score (nSPS) is 10.7. The molecule has 0 aliphatic heterocycles. The number of allylic oxidation sites excluding steroid dienone is 1. The highest BCUT2D eigenvalue weighted by molar-refractivity contribution is 7.99. The van der Waals surface area contributed by atoms with Crippen molar-refractivity contribution in [2.24, 2.45) is 0 Å². The van der Waals surface area contributed by atoms with Crippen LogP contribution in [0.3, 0.4) is 0 Å². The summed E-state index contributed by atoms with van der Waals surface area (Å²) in [4.78, 5) is 37.3. The van der Waals surface area contributed by atoms with Gasteiger partial charge < -0.3 is 14.8 Å². The Kier molecular flexibility index (Phi) is 8.95. The number of aromatic nitrogens is 3. The van der Waals surface area contributed by atoms with E-state index in [1.54, 1.807) is 35.8 Å². The van der Waals surface area contributed by atoms with E-state index in [-0.39, 0.29) is 21.2 Å². The zero-order valence-electron chi connectivity index (χ0n) is 18.9. The number of hydrogen-bond donors (Lipinski definition) is 1. The number of carbonyl (C=O) groups is 3. The van der Waals surface area contributed by atoms with E-state index in [1.165, 1.54) is 14.2 Å². The quantitative estimate of drug-likeness (QED) is 0.220. The molecule has 0 bridgehead atoms. The number of benzene rings is 1. The molecule has 2 aromatic heterocycles. The predicted molar refractivity (Wildman–Crippen MR) is 137 cm³/mol. The summed E-state index contributed by atoms with van der Waals surface area (Å²) in [6.07, 6.45) is 1.67. The van der Waals surface area contributed by atoms with Gasteiger partial charge in [-0.1, -0.05) is 41.0 Å². The molecule has 0 atom stereocenters. The van der Waals surface area contributed by atoms with Gasteiger partial charge in [-0.3, -0.25) is 9.36 Å². The number of anilines is 1. The van der Waals surface area contributed by atoms with Gasteiger partial charge in [0.2, 0.25) is 5.91 Å². The summed E-state index contributed by atoms with van der Waals surface area (Å²) in [5.74, 6) is -1.25. The van der Waals surface area contributed by atoms with Crippen LogP contribution in [0.1, 0.15) is 25.6 Å². The van der Waals surface area contributed by atoms with Crippen LogP contribution in [-0.4, -0.2) is 52.6 Å². The van der Waals surface area contributed by atoms with E-state index in [1.807, 2.05) is 0 Å². The number of methoxy groups -OCH3 is 2. The van der Waals surface area contributed by atoms with Crippen molar-refractivity contribution in [2.45, 2.75) is 18.6 Å². The molecule has 0 radical (unpaired) electrons. The van der Waals surface area contributed by atoms with Gasteiger partial charge in [-0.05, 0) is 30.7 Å². The zero-order chi connectivity index (χ0) is 25.7. The van der Waals surface area contributed by atoms with Crippen LogP contribution >= 0.6 is 46.3 Å². The van der Waals surface area contributed by atoms with Crippen molar-refractivity contribution in [3.05, 3.63) is 56.9 Å². The minimum atomic E-state index is -0.674. The van der Waals surface area contributed by atoms with Gasteiger partial charge in [0.25, 0.3) is 0 Å². The average Bonchev–Trinajstić information content (AvgIpc) is 3.37. The van der Waals surface area contributed by atoms with Crippen molar-refractivity contribution in [2.75, 3.05) is 25.3 Å². The molecule has 9 nitrogen and oxygen atoms in total. The molecule has 3 aromatic rings. The average molecular weight is 555 g/mol. The molecule has 0 saturated heterocycles. The third-order valence-electron chi connectivity index (χ3n) is 4.69. The standard InChI is InChI=1S/C22H20Cl2N4O5S2/c1-5-8-28-18(13-7-6-12(23)9-14(13)24)26-27-22(28)34-10-15(29)25-19-16(20(30)32-3)11(2)17(35-19)21(31)33-4/h5-7,9H,1,8,10H2,2-4H3,(H,25,29). The third-order valence-corrected chi connectivity index (χ3v) is 7.39. The fourth-order valence-corrected chi connectivity index (χ4v) is 5.46. The first-order valence-corrected chi connectivity index (χ1v) is 12.5. The first-order valence-electron chi connectivity index (χ1n) is 9.93. The molecule has 1 aromatic carbocycles. The lowest BCUT2D eigenvalue weighted by molar-refractivity contribution is -0.113. The van der Waals surface area contributed by atoms with Crippen LogP contribution in [-0.2, 0) is 20.8 Å². The monoisotopic (exact) mass is 554 g/mol. The van der Waals surface area contributed by atoms with Crippen molar-refractivity contribution < 1.29 is 23.9 Å². The Morgan fingerprint density at radius 2 is 1.91 bits per heavy atom. The third kappa shape index (κ3) is 5.87. The number of nitrogens with zero attached hydrogens (tertiary/aromatic N) is 3. The number of carbonyl (C=O) groups excluding carboxylic acids is 3. The minimum absolute atomic E-state index is 0.0469. The summed E-state index contributed by atoms with van der Waals surface area (Å²) in [5, 5.41) is 12.7. The van der Waals surface area contributed by atoms with E-state index in [4.69, 9.17) is 32.7 Å². The van der Waals surface area contributed by atoms with Gasteiger partial charge in [-0.2, -0.15) is 0 Å². The molecule has 1 amide bonds. The van der Waals surface area contributed by atoms with Gasteiger partial charge in [-0.25, -0.2) is 9.59 Å². The van der Waals surface area contributed by atoms with Crippen LogP contribution in [0.2, 0.25) is 10.0 Å². The maximum Gasteiger partial charge on any atom is 0.348 e. The number of esters is 2. The van der Waals surface area contributed by atoms with Crippen molar-refractivity contribution in [1.29, 1.82) is 0 Å². The SMILES string of the molecule is C=CCn1c(SCC(=O)Nc2sc(C(=O)OC)c(C)c2C(=O)OC)nnc1-c1ccc(Cl)cc1Cl. The second kappa shape index (κ2) is 11.7. The molecule has 0 aliphatic rings. The van der Waals surface area contributed by atoms with Crippen LogP contribution in [0.5, 0.6) is 0 Å². The molecule has 0 saturated carbocycles. The first-order chi connectivity index (χ1) is 16.7. The number of ether oxygens (including phenoxy) is 2. The van der Waals surface area contributed by atoms with E-state index < -0.39 is 17.8 Å². The van der Waals surface area contributed by atoms with Crippen molar-refractivity contribution in [1.82, 2.24) is 14.8 Å². The maximum absolute atomic E-state index is 12.7. The molecule has 0 unspecified atom stereocenters. The van der Waals surface area contributed by atoms with Crippen molar-refractivity contribution in [3.8, 4) is 11.4 Å². The zero-order valence-corrected chi connectivity index (χ0v) is 22.0. The lowest BCUT2D eigenvalue weighted by atomic mass is 10.1. The van der Waals surface area contributed by atoms with Crippen LogP contribution in [0, 0.1) is 6.92 Å². The Morgan fingerprint density at radius 3 is 2.54 bits per heavy atom. The van der Waals surface area contributed by atoms with E-state index in [0.29, 0.717) is 38.7 Å². The van der Waals surface area contributed by atoms with E-state index in [9.17, 15) is 14.4 Å². The van der Waals surface area contributed by atoms with E-state index in [2.05, 4.69) is 22.1 Å². The number of halogens is 2. The van der Waals surface area contributed by atoms with Crippen LogP contribution in [0.4, 0.5) is 5.00 Å². The summed E-state index contributed by atoms with van der Waals surface area (Å²) in [7, 11) is 2.45. The molecule has 0 spiro atoms. The number of rotatable bonds is 9. The van der Waals surface area contributed by atoms with Crippen molar-refractivity contribution >= 4 is 69.1 Å².